The van der Waals surface area contributed by atoms with Gasteiger partial charge in [0.15, 0.2) is 0 Å². The molecular weight excluding hydrogens is 272 g/mol. The first-order valence-corrected chi connectivity index (χ1v) is 8.56. The van der Waals surface area contributed by atoms with Gasteiger partial charge in [0.25, 0.3) is 0 Å². The van der Waals surface area contributed by atoms with Gasteiger partial charge in [-0.15, -0.1) is 0 Å². The quantitative estimate of drug-likeness (QED) is 0.866. The Labute approximate surface area is 132 Å². The minimum Gasteiger partial charge on any atom is -0.371 e. The average molecular weight is 296 g/mol. The van der Waals surface area contributed by atoms with Crippen molar-refractivity contribution in [2.45, 2.75) is 44.6 Å². The highest BCUT2D eigenvalue weighted by molar-refractivity contribution is 5.45. The number of piperidine rings is 1. The van der Waals surface area contributed by atoms with E-state index in [2.05, 4.69) is 32.8 Å². The van der Waals surface area contributed by atoms with Gasteiger partial charge >= 0.3 is 0 Å². The zero-order chi connectivity index (χ0) is 14.8. The molecule has 4 rings (SSSR count). The third-order valence-electron chi connectivity index (χ3n) is 5.24. The first-order valence-electron chi connectivity index (χ1n) is 8.56. The molecule has 4 nitrogen and oxygen atoms in total. The fraction of sp³-hybridized carbons (Fsp3) is 0.556. The molecule has 2 fully saturated rings. The monoisotopic (exact) mass is 296 g/mol. The molecule has 22 heavy (non-hydrogen) atoms. The molecule has 0 N–H and O–H groups in total. The third kappa shape index (κ3) is 2.74. The Hall–Kier alpha value is -1.84. The molecule has 1 aliphatic heterocycles. The lowest BCUT2D eigenvalue weighted by Gasteiger charge is -2.35. The molecule has 0 radical (unpaired) electrons. The second-order valence-corrected chi connectivity index (χ2v) is 6.73. The van der Waals surface area contributed by atoms with Crippen LogP contribution in [0.25, 0.3) is 0 Å². The zero-order valence-electron chi connectivity index (χ0n) is 13.1. The molecule has 1 aliphatic carbocycles. The van der Waals surface area contributed by atoms with Crippen molar-refractivity contribution in [3.63, 3.8) is 0 Å². The predicted octanol–water partition coefficient (Wildman–Crippen LogP) is 3.46. The van der Waals surface area contributed by atoms with Crippen molar-refractivity contribution in [3.8, 4) is 0 Å². The van der Waals surface area contributed by atoms with E-state index in [4.69, 9.17) is 4.98 Å². The molecule has 0 aromatic carbocycles. The molecule has 3 heterocycles. The van der Waals surface area contributed by atoms with Crippen molar-refractivity contribution in [2.75, 3.05) is 18.0 Å². The van der Waals surface area contributed by atoms with Crippen LogP contribution in [-0.4, -0.2) is 27.6 Å². The van der Waals surface area contributed by atoms with Crippen molar-refractivity contribution < 1.29 is 0 Å². The number of hydrogen-bond acceptors (Lipinski definition) is 3. The van der Waals surface area contributed by atoms with Crippen LogP contribution in [0.1, 0.15) is 43.8 Å². The van der Waals surface area contributed by atoms with Crippen LogP contribution in [-0.2, 0) is 6.54 Å². The number of hydrogen-bond donors (Lipinski definition) is 0. The summed E-state index contributed by atoms with van der Waals surface area (Å²) < 4.78 is 2.42. The Morgan fingerprint density at radius 1 is 1.05 bits per heavy atom. The first-order chi connectivity index (χ1) is 10.9. The van der Waals surface area contributed by atoms with Gasteiger partial charge in [-0.05, 0) is 43.7 Å². The number of imidazole rings is 1. The highest BCUT2D eigenvalue weighted by Gasteiger charge is 2.26. The smallest absolute Gasteiger partial charge is 0.113 e. The van der Waals surface area contributed by atoms with Gasteiger partial charge in [0.05, 0.1) is 0 Å². The summed E-state index contributed by atoms with van der Waals surface area (Å²) in [6.07, 6.45) is 14.6. The van der Waals surface area contributed by atoms with Crippen molar-refractivity contribution >= 4 is 5.69 Å². The van der Waals surface area contributed by atoms with Crippen LogP contribution in [0.2, 0.25) is 0 Å². The minimum atomic E-state index is 0.553. The predicted molar refractivity (Wildman–Crippen MR) is 88.0 cm³/mol. The summed E-state index contributed by atoms with van der Waals surface area (Å²) >= 11 is 0. The van der Waals surface area contributed by atoms with Crippen molar-refractivity contribution in [1.29, 1.82) is 0 Å². The summed E-state index contributed by atoms with van der Waals surface area (Å²) in [6.45, 7) is 3.39. The fourth-order valence-corrected chi connectivity index (χ4v) is 3.77. The van der Waals surface area contributed by atoms with Crippen LogP contribution >= 0.6 is 0 Å². The normalized spacial score (nSPS) is 22.5. The summed E-state index contributed by atoms with van der Waals surface area (Å²) in [5.41, 5.74) is 1.29. The van der Waals surface area contributed by atoms with Gasteiger partial charge in [0.2, 0.25) is 0 Å². The standard InChI is InChI=1S/C18H24N4/c1-3-15(4-1)13-22-12-10-20-18(22)16-5-2-11-21(14-16)17-6-8-19-9-7-17/h6-10,12,15-16H,1-5,11,13-14H2/t16-/m1/s1. The van der Waals surface area contributed by atoms with E-state index in [0.29, 0.717) is 5.92 Å². The molecule has 2 aromatic heterocycles. The molecule has 1 saturated carbocycles. The molecule has 0 unspecified atom stereocenters. The second kappa shape index (κ2) is 6.11. The molecule has 2 aliphatic rings. The second-order valence-electron chi connectivity index (χ2n) is 6.73. The Morgan fingerprint density at radius 2 is 1.91 bits per heavy atom. The van der Waals surface area contributed by atoms with Crippen LogP contribution < -0.4 is 4.90 Å². The van der Waals surface area contributed by atoms with Crippen LogP contribution in [0.4, 0.5) is 5.69 Å². The van der Waals surface area contributed by atoms with Gasteiger partial charge in [-0.2, -0.15) is 0 Å². The van der Waals surface area contributed by atoms with Gasteiger partial charge in [-0.3, -0.25) is 4.98 Å². The minimum absolute atomic E-state index is 0.553. The Morgan fingerprint density at radius 3 is 2.68 bits per heavy atom. The lowest BCUT2D eigenvalue weighted by molar-refractivity contribution is 0.270. The van der Waals surface area contributed by atoms with Gasteiger partial charge in [0, 0.05) is 56.0 Å². The molecule has 1 atom stereocenters. The lowest BCUT2D eigenvalue weighted by atomic mass is 9.85. The summed E-state index contributed by atoms with van der Waals surface area (Å²) in [6, 6.07) is 4.23. The van der Waals surface area contributed by atoms with Crippen LogP contribution in [0.15, 0.2) is 36.9 Å². The van der Waals surface area contributed by atoms with Crippen LogP contribution in [0.5, 0.6) is 0 Å². The first kappa shape index (κ1) is 13.8. The molecule has 1 saturated heterocycles. The van der Waals surface area contributed by atoms with E-state index in [-0.39, 0.29) is 0 Å². The highest BCUT2D eigenvalue weighted by atomic mass is 15.2. The number of rotatable bonds is 4. The van der Waals surface area contributed by atoms with E-state index in [1.165, 1.54) is 50.2 Å². The maximum Gasteiger partial charge on any atom is 0.113 e. The average Bonchev–Trinajstić information content (AvgIpc) is 3.00. The summed E-state index contributed by atoms with van der Waals surface area (Å²) in [5, 5.41) is 0. The maximum absolute atomic E-state index is 4.70. The van der Waals surface area contributed by atoms with Gasteiger partial charge < -0.3 is 9.47 Å². The largest absolute Gasteiger partial charge is 0.371 e. The topological polar surface area (TPSA) is 34.0 Å². The fourth-order valence-electron chi connectivity index (χ4n) is 3.77. The van der Waals surface area contributed by atoms with Crippen molar-refractivity contribution in [2.24, 2.45) is 5.92 Å². The van der Waals surface area contributed by atoms with E-state index in [9.17, 15) is 0 Å². The van der Waals surface area contributed by atoms with Crippen molar-refractivity contribution in [3.05, 3.63) is 42.7 Å². The molecular formula is C18H24N4. The van der Waals surface area contributed by atoms with Crippen molar-refractivity contribution in [1.82, 2.24) is 14.5 Å². The van der Waals surface area contributed by atoms with E-state index in [1.54, 1.807) is 0 Å². The molecule has 0 bridgehead atoms. The number of aromatic nitrogens is 3. The van der Waals surface area contributed by atoms with E-state index < -0.39 is 0 Å². The van der Waals surface area contributed by atoms with E-state index in [0.717, 1.165) is 19.0 Å². The number of pyridine rings is 1. The van der Waals surface area contributed by atoms with E-state index >= 15 is 0 Å². The molecule has 0 amide bonds. The number of anilines is 1. The Bertz CT molecular complexity index is 603. The Kier molecular flexibility index (Phi) is 3.83. The third-order valence-corrected chi connectivity index (χ3v) is 5.24. The number of nitrogens with zero attached hydrogens (tertiary/aromatic N) is 4. The van der Waals surface area contributed by atoms with Gasteiger partial charge in [-0.1, -0.05) is 6.42 Å². The van der Waals surface area contributed by atoms with Gasteiger partial charge in [0.1, 0.15) is 5.82 Å². The molecule has 0 spiro atoms. The SMILES string of the molecule is c1cc(N2CCC[C@@H](c3nccn3CC3CCC3)C2)ccn1. The molecule has 116 valence electrons. The molecule has 2 aromatic rings. The van der Waals surface area contributed by atoms with Crippen LogP contribution in [0.3, 0.4) is 0 Å². The highest BCUT2D eigenvalue weighted by Crippen LogP contribution is 2.32. The maximum atomic E-state index is 4.70. The zero-order valence-corrected chi connectivity index (χ0v) is 13.1. The summed E-state index contributed by atoms with van der Waals surface area (Å²) in [7, 11) is 0. The Balaban J connectivity index is 1.49. The van der Waals surface area contributed by atoms with Gasteiger partial charge in [-0.25, -0.2) is 4.98 Å². The van der Waals surface area contributed by atoms with Crippen LogP contribution in [0, 0.1) is 5.92 Å². The summed E-state index contributed by atoms with van der Waals surface area (Å²) in [4.78, 5) is 11.3. The summed E-state index contributed by atoms with van der Waals surface area (Å²) in [5.74, 6) is 2.73. The lowest BCUT2D eigenvalue weighted by Crippen LogP contribution is -2.35. The van der Waals surface area contributed by atoms with E-state index in [1.807, 2.05) is 18.6 Å². The molecule has 4 heteroatoms.